The number of rotatable bonds is 6. The van der Waals surface area contributed by atoms with E-state index in [1.165, 1.54) is 5.56 Å². The molecule has 0 atom stereocenters. The van der Waals surface area contributed by atoms with E-state index in [4.69, 9.17) is 5.11 Å². The van der Waals surface area contributed by atoms with E-state index < -0.39 is 0 Å². The third-order valence-corrected chi connectivity index (χ3v) is 3.27. The van der Waals surface area contributed by atoms with E-state index >= 15 is 0 Å². The van der Waals surface area contributed by atoms with Crippen LogP contribution in [0.5, 0.6) is 0 Å². The largest absolute Gasteiger partial charge is 0.394 e. The normalized spacial score (nSPS) is 10.8. The van der Waals surface area contributed by atoms with Crippen LogP contribution in [0.2, 0.25) is 0 Å². The Morgan fingerprint density at radius 1 is 1.28 bits per heavy atom. The minimum atomic E-state index is 0.0766. The molecule has 1 aromatic carbocycles. The van der Waals surface area contributed by atoms with Gasteiger partial charge in [0.25, 0.3) is 0 Å². The van der Waals surface area contributed by atoms with Crippen LogP contribution in [0.4, 0.5) is 0 Å². The summed E-state index contributed by atoms with van der Waals surface area (Å²) in [6, 6.07) is 8.10. The molecule has 1 aromatic heterocycles. The number of halogens is 1. The number of aliphatic hydroxyl groups is 1. The molecular formula is C12H15BrN4O. The van der Waals surface area contributed by atoms with Crippen LogP contribution in [-0.4, -0.2) is 26.7 Å². The van der Waals surface area contributed by atoms with Crippen molar-refractivity contribution in [1.82, 2.24) is 20.3 Å². The molecule has 18 heavy (non-hydrogen) atoms. The Morgan fingerprint density at radius 2 is 2.11 bits per heavy atom. The van der Waals surface area contributed by atoms with Crippen LogP contribution in [0.15, 0.2) is 34.9 Å². The highest BCUT2D eigenvalue weighted by Gasteiger charge is 2.01. The van der Waals surface area contributed by atoms with Gasteiger partial charge in [-0.25, -0.2) is 4.68 Å². The molecule has 0 spiro atoms. The third kappa shape index (κ3) is 3.63. The minimum absolute atomic E-state index is 0.0766. The molecule has 96 valence electrons. The van der Waals surface area contributed by atoms with Crippen LogP contribution in [-0.2, 0) is 19.6 Å². The number of benzene rings is 1. The second-order valence-corrected chi connectivity index (χ2v) is 4.75. The Labute approximate surface area is 114 Å². The second kappa shape index (κ2) is 6.63. The first kappa shape index (κ1) is 13.2. The summed E-state index contributed by atoms with van der Waals surface area (Å²) in [5.74, 6) is 0. The van der Waals surface area contributed by atoms with Crippen LogP contribution in [0, 0.1) is 0 Å². The first-order valence-electron chi connectivity index (χ1n) is 5.73. The molecule has 0 amide bonds. The molecule has 2 rings (SSSR count). The van der Waals surface area contributed by atoms with Crippen LogP contribution in [0.3, 0.4) is 0 Å². The van der Waals surface area contributed by atoms with Gasteiger partial charge in [0.05, 0.1) is 18.8 Å². The van der Waals surface area contributed by atoms with Gasteiger partial charge >= 0.3 is 0 Å². The Hall–Kier alpha value is -1.24. The van der Waals surface area contributed by atoms with Gasteiger partial charge in [0.1, 0.15) is 0 Å². The SMILES string of the molecule is OCCn1cc(CNCc2ccccc2Br)nn1. The maximum absolute atomic E-state index is 8.77. The maximum Gasteiger partial charge on any atom is 0.0964 e. The van der Waals surface area contributed by atoms with Crippen LogP contribution < -0.4 is 5.32 Å². The third-order valence-electron chi connectivity index (χ3n) is 2.49. The summed E-state index contributed by atoms with van der Waals surface area (Å²) in [7, 11) is 0. The standard InChI is InChI=1S/C12H15BrN4O/c13-12-4-2-1-3-10(12)7-14-8-11-9-17(5-6-18)16-15-11/h1-4,9,14,18H,5-8H2. The average molecular weight is 311 g/mol. The van der Waals surface area contributed by atoms with E-state index in [0.29, 0.717) is 13.1 Å². The molecule has 0 fully saturated rings. The summed E-state index contributed by atoms with van der Waals surface area (Å²) < 4.78 is 2.73. The summed E-state index contributed by atoms with van der Waals surface area (Å²) in [4.78, 5) is 0. The molecular weight excluding hydrogens is 296 g/mol. The monoisotopic (exact) mass is 310 g/mol. The van der Waals surface area contributed by atoms with Gasteiger partial charge in [0.15, 0.2) is 0 Å². The Morgan fingerprint density at radius 3 is 2.89 bits per heavy atom. The number of hydrogen-bond acceptors (Lipinski definition) is 4. The molecule has 1 heterocycles. The number of nitrogens with zero attached hydrogens (tertiary/aromatic N) is 3. The summed E-state index contributed by atoms with van der Waals surface area (Å²) in [6.07, 6.45) is 1.84. The lowest BCUT2D eigenvalue weighted by atomic mass is 10.2. The van der Waals surface area contributed by atoms with Gasteiger partial charge in [0, 0.05) is 23.8 Å². The highest BCUT2D eigenvalue weighted by molar-refractivity contribution is 9.10. The fraction of sp³-hybridized carbons (Fsp3) is 0.333. The Balaban J connectivity index is 1.83. The molecule has 6 heteroatoms. The predicted molar refractivity (Wildman–Crippen MR) is 71.8 cm³/mol. The summed E-state index contributed by atoms with van der Waals surface area (Å²) in [5, 5.41) is 20.0. The van der Waals surface area contributed by atoms with Crippen molar-refractivity contribution in [3.63, 3.8) is 0 Å². The fourth-order valence-electron chi connectivity index (χ4n) is 1.60. The molecule has 0 aliphatic carbocycles. The van der Waals surface area contributed by atoms with Gasteiger partial charge in [-0.3, -0.25) is 0 Å². The fourth-order valence-corrected chi connectivity index (χ4v) is 2.02. The summed E-state index contributed by atoms with van der Waals surface area (Å²) >= 11 is 3.51. The van der Waals surface area contributed by atoms with Crippen molar-refractivity contribution in [2.24, 2.45) is 0 Å². The van der Waals surface area contributed by atoms with Gasteiger partial charge in [-0.2, -0.15) is 0 Å². The molecule has 2 N–H and O–H groups in total. The smallest absolute Gasteiger partial charge is 0.0964 e. The zero-order valence-corrected chi connectivity index (χ0v) is 11.5. The van der Waals surface area contributed by atoms with Gasteiger partial charge in [-0.15, -0.1) is 5.10 Å². The lowest BCUT2D eigenvalue weighted by Crippen LogP contribution is -2.13. The molecule has 0 unspecified atom stereocenters. The lowest BCUT2D eigenvalue weighted by molar-refractivity contribution is 0.268. The van der Waals surface area contributed by atoms with Crippen LogP contribution >= 0.6 is 15.9 Å². The molecule has 0 bridgehead atoms. The number of hydrogen-bond donors (Lipinski definition) is 2. The lowest BCUT2D eigenvalue weighted by Gasteiger charge is -2.04. The van der Waals surface area contributed by atoms with Gasteiger partial charge < -0.3 is 10.4 Å². The van der Waals surface area contributed by atoms with E-state index in [1.54, 1.807) is 4.68 Å². The topological polar surface area (TPSA) is 63.0 Å². The van der Waals surface area contributed by atoms with Crippen molar-refractivity contribution in [2.45, 2.75) is 19.6 Å². The van der Waals surface area contributed by atoms with Gasteiger partial charge in [-0.05, 0) is 11.6 Å². The number of nitrogens with one attached hydrogen (secondary N) is 1. The molecule has 2 aromatic rings. The van der Waals surface area contributed by atoms with Gasteiger partial charge in [0.2, 0.25) is 0 Å². The highest BCUT2D eigenvalue weighted by Crippen LogP contribution is 2.15. The number of aliphatic hydroxyl groups excluding tert-OH is 1. The molecule has 0 saturated carbocycles. The molecule has 5 nitrogen and oxygen atoms in total. The quantitative estimate of drug-likeness (QED) is 0.845. The highest BCUT2D eigenvalue weighted by atomic mass is 79.9. The van der Waals surface area contributed by atoms with Crippen molar-refractivity contribution in [1.29, 1.82) is 0 Å². The van der Waals surface area contributed by atoms with Crippen molar-refractivity contribution >= 4 is 15.9 Å². The van der Waals surface area contributed by atoms with Crippen molar-refractivity contribution in [3.8, 4) is 0 Å². The Bertz CT molecular complexity index is 500. The molecule has 0 saturated heterocycles. The molecule has 0 radical (unpaired) electrons. The summed E-state index contributed by atoms with van der Waals surface area (Å²) in [6.45, 7) is 1.99. The first-order chi connectivity index (χ1) is 8.79. The van der Waals surface area contributed by atoms with E-state index in [1.807, 2.05) is 24.4 Å². The Kier molecular flexibility index (Phi) is 4.86. The van der Waals surface area contributed by atoms with Crippen LogP contribution in [0.1, 0.15) is 11.3 Å². The zero-order valence-electron chi connectivity index (χ0n) is 9.88. The van der Waals surface area contributed by atoms with E-state index in [-0.39, 0.29) is 6.61 Å². The molecule has 0 aliphatic heterocycles. The second-order valence-electron chi connectivity index (χ2n) is 3.89. The van der Waals surface area contributed by atoms with Crippen molar-refractivity contribution in [3.05, 3.63) is 46.2 Å². The number of aromatic nitrogens is 3. The van der Waals surface area contributed by atoms with Crippen LogP contribution in [0.25, 0.3) is 0 Å². The van der Waals surface area contributed by atoms with Crippen molar-refractivity contribution in [2.75, 3.05) is 6.61 Å². The van der Waals surface area contributed by atoms with E-state index in [9.17, 15) is 0 Å². The van der Waals surface area contributed by atoms with E-state index in [2.05, 4.69) is 37.6 Å². The van der Waals surface area contributed by atoms with Gasteiger partial charge in [-0.1, -0.05) is 39.3 Å². The predicted octanol–water partition coefficient (Wildman–Crippen LogP) is 1.32. The minimum Gasteiger partial charge on any atom is -0.394 e. The summed E-state index contributed by atoms with van der Waals surface area (Å²) in [5.41, 5.74) is 2.08. The van der Waals surface area contributed by atoms with E-state index in [0.717, 1.165) is 16.7 Å². The molecule has 0 aliphatic rings. The first-order valence-corrected chi connectivity index (χ1v) is 6.53. The zero-order chi connectivity index (χ0) is 12.8. The van der Waals surface area contributed by atoms with Crippen molar-refractivity contribution < 1.29 is 5.11 Å². The average Bonchev–Trinajstić information content (AvgIpc) is 2.80. The maximum atomic E-state index is 8.77.